The van der Waals surface area contributed by atoms with Crippen LogP contribution < -0.4 is 46.5 Å². The highest BCUT2D eigenvalue weighted by molar-refractivity contribution is 9.10. The number of rotatable bonds is 4. The second-order valence-corrected chi connectivity index (χ2v) is 22.1. The minimum Gasteiger partial charge on any atom is -0.491 e. The van der Waals surface area contributed by atoms with E-state index in [4.69, 9.17) is 85.1 Å². The maximum atomic E-state index is 6.26. The van der Waals surface area contributed by atoms with Crippen molar-refractivity contribution in [2.75, 3.05) is 33.0 Å². The number of benzene rings is 4. The zero-order chi connectivity index (χ0) is 49.8. The fourth-order valence-electron chi connectivity index (χ4n) is 9.80. The molecule has 13 nitrogen and oxygen atoms in total. The Morgan fingerprint density at radius 1 is 0.500 bits per heavy atom. The molecule has 8 heterocycles. The summed E-state index contributed by atoms with van der Waals surface area (Å²) < 4.78 is 72.8. The molecule has 0 amide bonds. The van der Waals surface area contributed by atoms with Crippen LogP contribution >= 0.6 is 55.1 Å². The normalized spacial score (nSPS) is 25.4. The summed E-state index contributed by atoms with van der Waals surface area (Å²) in [6, 6.07) is 15.5. The second-order valence-electron chi connectivity index (χ2n) is 19.6. The Morgan fingerprint density at radius 2 is 0.843 bits per heavy atom. The molecule has 0 saturated heterocycles. The first kappa shape index (κ1) is 52.4. The maximum absolute atomic E-state index is 6.26. The first-order valence-corrected chi connectivity index (χ1v) is 26.6. The van der Waals surface area contributed by atoms with E-state index in [0.29, 0.717) is 38.0 Å². The van der Waals surface area contributed by atoms with Crippen LogP contribution in [0.4, 0.5) is 0 Å². The third-order valence-electron chi connectivity index (χ3n) is 13.1. The van der Waals surface area contributed by atoms with Gasteiger partial charge in [-0.3, -0.25) is 0 Å². The Balaban J connectivity index is 0.000000116. The lowest BCUT2D eigenvalue weighted by molar-refractivity contribution is 0.0267. The fourth-order valence-corrected chi connectivity index (χ4v) is 11.6. The van der Waals surface area contributed by atoms with E-state index < -0.39 is 12.7 Å². The van der Waals surface area contributed by atoms with E-state index in [2.05, 4.69) is 52.6 Å². The predicted molar refractivity (Wildman–Crippen MR) is 281 cm³/mol. The van der Waals surface area contributed by atoms with Gasteiger partial charge in [-0.05, 0) is 120 Å². The Kier molecular flexibility index (Phi) is 16.0. The third-order valence-corrected chi connectivity index (χ3v) is 15.2. The van der Waals surface area contributed by atoms with Crippen molar-refractivity contribution in [2.24, 2.45) is 5.73 Å². The molecule has 2 unspecified atom stereocenters. The summed E-state index contributed by atoms with van der Waals surface area (Å²) in [5.41, 5.74) is 13.3. The van der Waals surface area contributed by atoms with E-state index in [1.54, 1.807) is 0 Å². The average molecular weight is 1130 g/mol. The molecule has 0 spiro atoms. The molecular weight excluding hydrogens is 1070 g/mol. The van der Waals surface area contributed by atoms with Crippen LogP contribution in [0.15, 0.2) is 57.5 Å². The molecule has 372 valence electrons. The SMILES string of the molecule is CC1(C)COc2ccc(Cl)c3c2B(O[C@@H]3CN)O1.CC[C@H]1OB2OC(C)(C)COc3ccc(Br)c1c32.CC[C@H]1OB2OC(C)COc3ccc(Br)c1c32.CC[C@H]1OB2OC(C)COc3ccc(Cl)c1c32. The lowest BCUT2D eigenvalue weighted by atomic mass is 9.77. The van der Waals surface area contributed by atoms with Gasteiger partial charge in [0, 0.05) is 58.5 Å². The molecule has 2 N–H and O–H groups in total. The second kappa shape index (κ2) is 21.4. The zero-order valence-electron chi connectivity index (χ0n) is 41.0. The molecular formula is C49H59B4Br2Cl2NO12. The van der Waals surface area contributed by atoms with Gasteiger partial charge >= 0.3 is 28.5 Å². The molecule has 0 aliphatic carbocycles. The number of halogens is 4. The highest BCUT2D eigenvalue weighted by Crippen LogP contribution is 2.42. The molecule has 6 atom stereocenters. The number of nitrogens with two attached hydrogens (primary N) is 1. The highest BCUT2D eigenvalue weighted by atomic mass is 79.9. The van der Waals surface area contributed by atoms with E-state index in [1.165, 1.54) is 11.1 Å². The highest BCUT2D eigenvalue weighted by Gasteiger charge is 2.49. The molecule has 12 rings (SSSR count). The van der Waals surface area contributed by atoms with Crippen molar-refractivity contribution >= 4 is 105 Å². The molecule has 0 aromatic heterocycles. The topological polar surface area (TPSA) is 137 Å². The van der Waals surface area contributed by atoms with Crippen molar-refractivity contribution in [1.82, 2.24) is 0 Å². The summed E-state index contributed by atoms with van der Waals surface area (Å²) >= 11 is 19.7. The number of ether oxygens (including phenoxy) is 4. The smallest absolute Gasteiger partial charge is 0.491 e. The molecule has 0 radical (unpaired) electrons. The Hall–Kier alpha value is -2.48. The maximum Gasteiger partial charge on any atom is 0.499 e. The van der Waals surface area contributed by atoms with Gasteiger partial charge in [-0.25, -0.2) is 0 Å². The van der Waals surface area contributed by atoms with E-state index in [9.17, 15) is 0 Å². The summed E-state index contributed by atoms with van der Waals surface area (Å²) in [7, 11) is -1.37. The van der Waals surface area contributed by atoms with E-state index in [-0.39, 0.29) is 63.6 Å². The van der Waals surface area contributed by atoms with Gasteiger partial charge in [0.1, 0.15) is 49.4 Å². The third kappa shape index (κ3) is 10.5. The Bertz CT molecular complexity index is 2410. The van der Waals surface area contributed by atoms with Crippen molar-refractivity contribution < 1.29 is 56.2 Å². The molecule has 0 fully saturated rings. The van der Waals surface area contributed by atoms with Gasteiger partial charge in [-0.15, -0.1) is 0 Å². The summed E-state index contributed by atoms with van der Waals surface area (Å²) in [6.07, 6.45) is 2.77. The van der Waals surface area contributed by atoms with Crippen molar-refractivity contribution in [3.8, 4) is 23.0 Å². The molecule has 8 aliphatic rings. The summed E-state index contributed by atoms with van der Waals surface area (Å²) in [5.74, 6) is 3.41. The van der Waals surface area contributed by atoms with Gasteiger partial charge in [0.25, 0.3) is 0 Å². The van der Waals surface area contributed by atoms with Crippen LogP contribution in [0.3, 0.4) is 0 Å². The lowest BCUT2D eigenvalue weighted by Gasteiger charge is -2.25. The molecule has 8 aliphatic heterocycles. The number of hydrogen-bond acceptors (Lipinski definition) is 13. The van der Waals surface area contributed by atoms with Crippen LogP contribution in [0.25, 0.3) is 0 Å². The fraction of sp³-hybridized carbons (Fsp3) is 0.510. The lowest BCUT2D eigenvalue weighted by Crippen LogP contribution is -2.40. The zero-order valence-corrected chi connectivity index (χ0v) is 45.7. The van der Waals surface area contributed by atoms with Crippen molar-refractivity contribution in [3.05, 3.63) is 89.8 Å². The summed E-state index contributed by atoms with van der Waals surface area (Å²) in [4.78, 5) is 0. The minimum absolute atomic E-state index is 0.0105. The average Bonchev–Trinajstić information content (AvgIpc) is 4.01. The van der Waals surface area contributed by atoms with Gasteiger partial charge < -0.3 is 61.9 Å². The van der Waals surface area contributed by atoms with Gasteiger partial charge in [0.15, 0.2) is 0 Å². The van der Waals surface area contributed by atoms with Gasteiger partial charge in [0.05, 0.1) is 47.8 Å². The van der Waals surface area contributed by atoms with Crippen LogP contribution in [0.5, 0.6) is 23.0 Å². The van der Waals surface area contributed by atoms with Crippen LogP contribution in [0.2, 0.25) is 10.0 Å². The summed E-state index contributed by atoms with van der Waals surface area (Å²) in [5, 5.41) is 1.39. The standard InChI is InChI=1S/C13H16BBrO3.C12H14BBrO3.C12H15BClNO3.C12H14BClO3/c1-4-9-11-8(15)5-6-10-12(11)14(17-9)18-13(2,3)7-16-10;1-3-9-11-8(14)4-5-10-12(11)13(17-9)16-7(2)6-15-10;1-12(2)6-16-8-4-3-7(14)10-9(5-15)17-13(18-12)11(8)10;1-3-9-11-8(14)4-5-10-12(11)13(17-9)16-7(2)6-15-10/h5-6,9H,4,7H2,1-3H3;4-5,7,9H,3,6H2,1-2H3;3-4,9H,5-6,15H2,1-2H3;4-5,7,9H,3,6H2,1-2H3/t9-;7?,9-;9-;7?,9-/m1111/s1. The van der Waals surface area contributed by atoms with Crippen LogP contribution in [0, 0.1) is 0 Å². The molecule has 0 bridgehead atoms. The van der Waals surface area contributed by atoms with Gasteiger partial charge in [-0.2, -0.15) is 0 Å². The Morgan fingerprint density at radius 3 is 1.29 bits per heavy atom. The van der Waals surface area contributed by atoms with Crippen LogP contribution in [-0.4, -0.2) is 84.9 Å². The van der Waals surface area contributed by atoms with E-state index >= 15 is 0 Å². The number of hydrogen-bond donors (Lipinski definition) is 1. The van der Waals surface area contributed by atoms with Crippen LogP contribution in [-0.2, 0) is 37.2 Å². The molecule has 70 heavy (non-hydrogen) atoms. The molecule has 4 aromatic rings. The van der Waals surface area contributed by atoms with Gasteiger partial charge in [-0.1, -0.05) is 75.8 Å². The Labute approximate surface area is 439 Å². The minimum atomic E-state index is -0.445. The first-order valence-electron chi connectivity index (χ1n) is 24.2. The van der Waals surface area contributed by atoms with Crippen LogP contribution in [0.1, 0.15) is 128 Å². The van der Waals surface area contributed by atoms with Crippen molar-refractivity contribution in [1.29, 1.82) is 0 Å². The first-order chi connectivity index (χ1) is 33.4. The monoisotopic (exact) mass is 1130 g/mol. The van der Waals surface area contributed by atoms with E-state index in [0.717, 1.165) is 89.2 Å². The van der Waals surface area contributed by atoms with Crippen molar-refractivity contribution in [3.63, 3.8) is 0 Å². The van der Waals surface area contributed by atoms with Gasteiger partial charge in [0.2, 0.25) is 0 Å². The molecule has 4 aromatic carbocycles. The quantitative estimate of drug-likeness (QED) is 0.195. The summed E-state index contributed by atoms with van der Waals surface area (Å²) in [6.45, 7) is 20.8. The molecule has 0 saturated carbocycles. The van der Waals surface area contributed by atoms with E-state index in [1.807, 2.05) is 90.1 Å². The molecule has 21 heteroatoms. The van der Waals surface area contributed by atoms with Crippen molar-refractivity contribution in [2.45, 2.75) is 129 Å². The predicted octanol–water partition coefficient (Wildman–Crippen LogP) is 8.80. The largest absolute Gasteiger partial charge is 0.499 e.